The van der Waals surface area contributed by atoms with Crippen LogP contribution in [0, 0.1) is 0 Å². The first-order valence-electron chi connectivity index (χ1n) is 16.2. The molecule has 0 radical (unpaired) electrons. The summed E-state index contributed by atoms with van der Waals surface area (Å²) in [6, 6.07) is 10.7. The third-order valence-corrected chi connectivity index (χ3v) is 9.81. The molecule has 2 atom stereocenters. The van der Waals surface area contributed by atoms with Crippen molar-refractivity contribution in [3.63, 3.8) is 0 Å². The van der Waals surface area contributed by atoms with Crippen molar-refractivity contribution in [2.45, 2.75) is 56.7 Å². The highest BCUT2D eigenvalue weighted by Crippen LogP contribution is 2.27. The predicted octanol–water partition coefficient (Wildman–Crippen LogP) is 5.69. The van der Waals surface area contributed by atoms with E-state index in [1.165, 1.54) is 28.1 Å². The lowest BCUT2D eigenvalue weighted by atomic mass is 10.1. The highest BCUT2D eigenvalue weighted by Gasteiger charge is 2.41. The lowest BCUT2D eigenvalue weighted by molar-refractivity contribution is -0.274. The van der Waals surface area contributed by atoms with Gasteiger partial charge in [0, 0.05) is 51.7 Å². The highest BCUT2D eigenvalue weighted by molar-refractivity contribution is 7.89. The Morgan fingerprint density at radius 1 is 1.02 bits per heavy atom. The van der Waals surface area contributed by atoms with Gasteiger partial charge < -0.3 is 25.2 Å². The number of urea groups is 1. The molecule has 2 N–H and O–H groups in total. The quantitative estimate of drug-likeness (QED) is 0.226. The second kappa shape index (κ2) is 18.6. The van der Waals surface area contributed by atoms with Crippen molar-refractivity contribution in [3.8, 4) is 5.75 Å². The number of carbonyl (C=O) groups excluding carboxylic acids is 3. The van der Waals surface area contributed by atoms with Gasteiger partial charge in [-0.15, -0.1) is 13.2 Å². The van der Waals surface area contributed by atoms with Gasteiger partial charge in [-0.2, -0.15) is 4.31 Å². The van der Waals surface area contributed by atoms with Crippen molar-refractivity contribution in [3.05, 3.63) is 83.7 Å². The van der Waals surface area contributed by atoms with E-state index < -0.39 is 51.2 Å². The maximum atomic E-state index is 14.1. The average molecular weight is 757 g/mol. The van der Waals surface area contributed by atoms with Gasteiger partial charge in [0.05, 0.1) is 12.1 Å². The maximum Gasteiger partial charge on any atom is 0.573 e. The topological polar surface area (TPSA) is 141 Å². The van der Waals surface area contributed by atoms with Crippen LogP contribution in [0.5, 0.6) is 5.75 Å². The summed E-state index contributed by atoms with van der Waals surface area (Å²) in [7, 11) is -2.34. The molecule has 0 saturated carbocycles. The molecule has 1 fully saturated rings. The number of hydrogen-bond donors (Lipinski definition) is 2. The van der Waals surface area contributed by atoms with E-state index in [-0.39, 0.29) is 43.5 Å². The number of nitrogens with one attached hydrogen (secondary N) is 2. The van der Waals surface area contributed by atoms with Crippen LogP contribution in [0.2, 0.25) is 0 Å². The zero-order valence-corrected chi connectivity index (χ0v) is 29.8. The van der Waals surface area contributed by atoms with Crippen LogP contribution >= 0.6 is 0 Å². The molecule has 1 saturated heterocycles. The minimum absolute atomic E-state index is 0.0391. The number of piperazine rings is 1. The molecule has 1 unspecified atom stereocenters. The molecule has 2 aromatic carbocycles. The predicted molar refractivity (Wildman–Crippen MR) is 182 cm³/mol. The third kappa shape index (κ3) is 11.1. The summed E-state index contributed by atoms with van der Waals surface area (Å²) < 4.78 is 93.8. The summed E-state index contributed by atoms with van der Waals surface area (Å²) in [5, 5.41) is 5.34. The number of nitrogens with zero attached hydrogens (tertiary/aromatic N) is 4. The smallest absolute Gasteiger partial charge is 0.406 e. The van der Waals surface area contributed by atoms with E-state index in [2.05, 4.69) is 20.4 Å². The maximum absolute atomic E-state index is 14.1. The molecular weight excluding hydrogens is 715 g/mol. The van der Waals surface area contributed by atoms with Crippen molar-refractivity contribution in [2.24, 2.45) is 0 Å². The molecule has 1 aromatic heterocycles. The summed E-state index contributed by atoms with van der Waals surface area (Å²) in [6.45, 7) is 3.22. The summed E-state index contributed by atoms with van der Waals surface area (Å²) >= 11 is 0. The van der Waals surface area contributed by atoms with E-state index in [0.717, 1.165) is 35.0 Å². The number of sulfonamides is 1. The zero-order valence-electron chi connectivity index (χ0n) is 29.0. The Labute approximate surface area is 299 Å². The monoisotopic (exact) mass is 756 g/mol. The van der Waals surface area contributed by atoms with Crippen LogP contribution in [-0.2, 0) is 21.4 Å². The van der Waals surface area contributed by atoms with Gasteiger partial charge in [-0.3, -0.25) is 19.0 Å². The van der Waals surface area contributed by atoms with Crippen molar-refractivity contribution in [1.29, 1.82) is 0 Å². The molecule has 0 aliphatic carbocycles. The Morgan fingerprint density at radius 2 is 1.67 bits per heavy atom. The van der Waals surface area contributed by atoms with E-state index >= 15 is 0 Å². The van der Waals surface area contributed by atoms with E-state index in [4.69, 9.17) is 0 Å². The Kier molecular flexibility index (Phi) is 14.9. The average Bonchev–Trinajstić information content (AvgIpc) is 3.13. The molecule has 4 amide bonds. The molecule has 52 heavy (non-hydrogen) atoms. The normalized spacial score (nSPS) is 15.5. The van der Waals surface area contributed by atoms with Crippen molar-refractivity contribution < 1.29 is 49.5 Å². The fraction of sp³-hybridized carbons (Fsp3) is 0.412. The second-order valence-electron chi connectivity index (χ2n) is 11.5. The molecule has 12 nitrogen and oxygen atoms in total. The first-order chi connectivity index (χ1) is 24.6. The van der Waals surface area contributed by atoms with E-state index in [9.17, 15) is 44.8 Å². The van der Waals surface area contributed by atoms with Crippen LogP contribution in [0.15, 0.2) is 71.8 Å². The van der Waals surface area contributed by atoms with E-state index in [1.807, 2.05) is 6.92 Å². The Morgan fingerprint density at radius 3 is 2.27 bits per heavy atom. The summed E-state index contributed by atoms with van der Waals surface area (Å²) in [5.74, 6) is -1.73. The third-order valence-electron chi connectivity index (χ3n) is 7.89. The Hall–Kier alpha value is -4.84. The van der Waals surface area contributed by atoms with E-state index in [0.29, 0.717) is 31.3 Å². The number of aromatic nitrogens is 1. The van der Waals surface area contributed by atoms with Crippen LogP contribution in [0.4, 0.5) is 32.4 Å². The molecule has 1 aliphatic heterocycles. The van der Waals surface area contributed by atoms with E-state index in [1.54, 1.807) is 38.2 Å². The minimum atomic E-state index is -4.98. The zero-order chi connectivity index (χ0) is 38.6. The lowest BCUT2D eigenvalue weighted by Gasteiger charge is -2.39. The molecule has 2 heterocycles. The Bertz CT molecular complexity index is 1760. The van der Waals surface area contributed by atoms with Gasteiger partial charge in [0.25, 0.3) is 5.91 Å². The fourth-order valence-corrected chi connectivity index (χ4v) is 6.82. The highest BCUT2D eigenvalue weighted by atomic mass is 32.2. The summed E-state index contributed by atoms with van der Waals surface area (Å²) in [6.07, 6.45) is -3.74. The fourth-order valence-electron chi connectivity index (χ4n) is 5.25. The van der Waals surface area contributed by atoms with Crippen molar-refractivity contribution in [1.82, 2.24) is 24.4 Å². The van der Waals surface area contributed by atoms with Crippen LogP contribution in [0.1, 0.15) is 54.5 Å². The van der Waals surface area contributed by atoms with Crippen molar-refractivity contribution >= 4 is 33.6 Å². The number of hydrogen-bond acceptors (Lipinski definition) is 7. The van der Waals surface area contributed by atoms with Gasteiger partial charge in [-0.05, 0) is 60.4 Å². The number of rotatable bonds is 12. The number of benzene rings is 2. The molecule has 0 spiro atoms. The lowest BCUT2D eigenvalue weighted by Crippen LogP contribution is -2.61. The van der Waals surface area contributed by atoms with Gasteiger partial charge >= 0.3 is 12.4 Å². The largest absolute Gasteiger partial charge is 0.573 e. The number of carbonyl (C=O) groups is 3. The molecule has 1 aliphatic rings. The minimum Gasteiger partial charge on any atom is -0.406 e. The first kappa shape index (κ1) is 41.6. The first-order valence-corrected chi connectivity index (χ1v) is 17.6. The SMILES string of the molecule is CCCN(C)C(=O)c1cc(NC(=O)N2CCN(S(=O)(=O)c3ccc(OC(F)(F)F)cc3)[C@@H](C(=O)NCc3ccc(C(F)CC)cc3)C2)ccn1.CF. The van der Waals surface area contributed by atoms with Gasteiger partial charge in [-0.25, -0.2) is 17.6 Å². The van der Waals surface area contributed by atoms with Gasteiger partial charge in [0.1, 0.15) is 23.7 Å². The standard InChI is InChI=1S/C33H38F4N6O6S.CH3F/c1-4-16-41(3)31(45)28-19-24(14-15-38-28)40-32(46)42-17-18-43(50(47,48)26-12-10-25(11-13-26)49-33(35,36)37)29(21-42)30(44)39-20-22-6-8-23(9-7-22)27(34)5-2;1-2/h6-15,19,27,29H,4-5,16-18,20-21H2,1-3H3,(H,39,44)(H,38,40,46);1H3/t27?,29-;/m1./s1. The molecule has 284 valence electrons. The summed E-state index contributed by atoms with van der Waals surface area (Å²) in [4.78, 5) is 46.1. The van der Waals surface area contributed by atoms with Crippen LogP contribution in [0.25, 0.3) is 0 Å². The van der Waals surface area contributed by atoms with Gasteiger partial charge in [-0.1, -0.05) is 38.1 Å². The number of anilines is 1. The summed E-state index contributed by atoms with van der Waals surface area (Å²) in [5.41, 5.74) is 1.43. The van der Waals surface area contributed by atoms with Crippen LogP contribution in [0.3, 0.4) is 0 Å². The number of halogens is 5. The van der Waals surface area contributed by atoms with Crippen LogP contribution < -0.4 is 15.4 Å². The van der Waals surface area contributed by atoms with Gasteiger partial charge in [0.15, 0.2) is 0 Å². The molecule has 18 heteroatoms. The number of pyridine rings is 1. The Balaban J connectivity index is 0.00000358. The molecule has 3 aromatic rings. The van der Waals surface area contributed by atoms with Crippen LogP contribution in [-0.4, -0.2) is 98.2 Å². The molecule has 0 bridgehead atoms. The second-order valence-corrected chi connectivity index (χ2v) is 13.4. The number of ether oxygens (including phenoxy) is 1. The molecular formula is C34H41F5N6O6S. The van der Waals surface area contributed by atoms with Gasteiger partial charge in [0.2, 0.25) is 15.9 Å². The molecule has 4 rings (SSSR count). The van der Waals surface area contributed by atoms with Crippen molar-refractivity contribution in [2.75, 3.05) is 45.7 Å². The number of alkyl halides is 5. The number of amides is 4.